The van der Waals surface area contributed by atoms with Crippen LogP contribution in [0.5, 0.6) is 0 Å². The predicted molar refractivity (Wildman–Crippen MR) is 110 cm³/mol. The van der Waals surface area contributed by atoms with Crippen LogP contribution in [0.3, 0.4) is 0 Å². The number of amidine groups is 1. The van der Waals surface area contributed by atoms with E-state index in [0.29, 0.717) is 0 Å². The van der Waals surface area contributed by atoms with Gasteiger partial charge in [0.2, 0.25) is 0 Å². The van der Waals surface area contributed by atoms with Crippen LogP contribution in [0.15, 0.2) is 96.0 Å². The molecule has 0 radical (unpaired) electrons. The van der Waals surface area contributed by atoms with Crippen molar-refractivity contribution in [3.8, 4) is 0 Å². The second-order valence-electron chi connectivity index (χ2n) is 5.71. The Hall–Kier alpha value is -2.44. The van der Waals surface area contributed by atoms with Gasteiger partial charge in [0.05, 0.1) is 8.07 Å². The second kappa shape index (κ2) is 9.15. The zero-order valence-corrected chi connectivity index (χ0v) is 15.4. The third-order valence-electron chi connectivity index (χ3n) is 3.79. The van der Waals surface area contributed by atoms with Crippen LogP contribution in [-0.4, -0.2) is 12.4 Å². The van der Waals surface area contributed by atoms with Gasteiger partial charge >= 0.3 is 0 Å². The van der Waals surface area contributed by atoms with E-state index in [9.17, 15) is 0 Å². The van der Waals surface area contributed by atoms with E-state index in [1.807, 2.05) is 6.07 Å². The summed E-state index contributed by atoms with van der Waals surface area (Å²) in [6, 6.07) is 31.7. The molecule has 1 N–H and O–H groups in total. The molecule has 25 heavy (non-hydrogen) atoms. The molecule has 0 atom stereocenters. The maximum absolute atomic E-state index is 4.83. The highest BCUT2D eigenvalue weighted by atomic mass is 31.1. The molecule has 2 nitrogen and oxygen atoms in total. The van der Waals surface area contributed by atoms with Gasteiger partial charge in [-0.2, -0.15) is 0 Å². The van der Waals surface area contributed by atoms with Crippen LogP contribution in [0.25, 0.3) is 0 Å². The van der Waals surface area contributed by atoms with Crippen molar-refractivity contribution in [2.75, 3.05) is 6.54 Å². The molecule has 0 unspecified atom stereocenters. The van der Waals surface area contributed by atoms with Gasteiger partial charge < -0.3 is 5.09 Å². The molecule has 0 heterocycles. The number of rotatable bonds is 6. The van der Waals surface area contributed by atoms with E-state index in [1.54, 1.807) is 0 Å². The number of nitrogens with zero attached hydrogens (tertiary/aromatic N) is 1. The quantitative estimate of drug-likeness (QED) is 0.397. The lowest BCUT2D eigenvalue weighted by molar-refractivity contribution is 0.928. The molecule has 0 aliphatic carbocycles. The molecule has 0 aliphatic rings. The first kappa shape index (κ1) is 17.4. The van der Waals surface area contributed by atoms with Gasteiger partial charge in [-0.15, -0.1) is 0 Å². The van der Waals surface area contributed by atoms with Crippen LogP contribution in [0.4, 0.5) is 0 Å². The highest BCUT2D eigenvalue weighted by Crippen LogP contribution is 2.29. The lowest BCUT2D eigenvalue weighted by Crippen LogP contribution is -2.29. The van der Waals surface area contributed by atoms with Crippen molar-refractivity contribution in [2.24, 2.45) is 4.99 Å². The van der Waals surface area contributed by atoms with Gasteiger partial charge in [-0.25, -0.2) is 0 Å². The first-order valence-corrected chi connectivity index (χ1v) is 9.99. The summed E-state index contributed by atoms with van der Waals surface area (Å²) in [4.78, 5) is 4.83. The summed E-state index contributed by atoms with van der Waals surface area (Å²) in [5, 5.41) is 6.34. The van der Waals surface area contributed by atoms with E-state index in [1.165, 1.54) is 10.6 Å². The number of hydrogen-bond acceptors (Lipinski definition) is 1. The fourth-order valence-corrected chi connectivity index (χ4v) is 4.46. The van der Waals surface area contributed by atoms with Gasteiger partial charge in [0, 0.05) is 22.7 Å². The maximum Gasteiger partial charge on any atom is 0.132 e. The van der Waals surface area contributed by atoms with Crippen molar-refractivity contribution in [3.63, 3.8) is 0 Å². The monoisotopic (exact) mass is 346 g/mol. The predicted octanol–water partition coefficient (Wildman–Crippen LogP) is 4.48. The Balaban J connectivity index is 1.98. The summed E-state index contributed by atoms with van der Waals surface area (Å²) < 4.78 is 0. The van der Waals surface area contributed by atoms with Crippen molar-refractivity contribution in [3.05, 3.63) is 96.6 Å². The standard InChI is InChI=1S/C22H23N2P/c1-2-18-23-22(19-12-6-3-7-13-19)24-25(20-14-8-4-9-15-20)21-16-10-5-11-17-21/h3-17H,2,18H2,1H3,(H,23,24). The van der Waals surface area contributed by atoms with Crippen LogP contribution in [0.2, 0.25) is 0 Å². The van der Waals surface area contributed by atoms with Gasteiger partial charge in [0.25, 0.3) is 0 Å². The minimum absolute atomic E-state index is 0.711. The molecule has 3 aromatic rings. The van der Waals surface area contributed by atoms with Crippen molar-refractivity contribution in [1.82, 2.24) is 5.09 Å². The Labute approximate surface area is 151 Å². The van der Waals surface area contributed by atoms with Gasteiger partial charge in [-0.05, 0) is 6.42 Å². The minimum Gasteiger partial charge on any atom is -0.341 e. The van der Waals surface area contributed by atoms with E-state index in [4.69, 9.17) is 4.99 Å². The molecule has 0 aliphatic heterocycles. The Bertz CT molecular complexity index is 747. The Morgan fingerprint density at radius 2 is 1.24 bits per heavy atom. The van der Waals surface area contributed by atoms with Crippen LogP contribution in [0.1, 0.15) is 18.9 Å². The molecule has 3 rings (SSSR count). The third-order valence-corrected chi connectivity index (χ3v) is 5.85. The molecule has 0 amide bonds. The Morgan fingerprint density at radius 1 is 0.760 bits per heavy atom. The van der Waals surface area contributed by atoms with Crippen molar-refractivity contribution < 1.29 is 0 Å². The molecule has 3 heteroatoms. The first-order chi connectivity index (χ1) is 12.4. The molecular weight excluding hydrogens is 323 g/mol. The van der Waals surface area contributed by atoms with Gasteiger partial charge in [0.15, 0.2) is 0 Å². The smallest absolute Gasteiger partial charge is 0.132 e. The Morgan fingerprint density at radius 3 is 1.72 bits per heavy atom. The molecule has 0 bridgehead atoms. The van der Waals surface area contributed by atoms with E-state index in [-0.39, 0.29) is 0 Å². The lowest BCUT2D eigenvalue weighted by atomic mass is 10.2. The van der Waals surface area contributed by atoms with E-state index >= 15 is 0 Å². The van der Waals surface area contributed by atoms with Crippen LogP contribution < -0.4 is 15.7 Å². The molecule has 3 aromatic carbocycles. The zero-order valence-electron chi connectivity index (χ0n) is 14.5. The summed E-state index contributed by atoms with van der Waals surface area (Å²) in [5.41, 5.74) is 1.13. The van der Waals surface area contributed by atoms with Gasteiger partial charge in [0.1, 0.15) is 5.84 Å². The number of benzene rings is 3. The van der Waals surface area contributed by atoms with Crippen LogP contribution in [0, 0.1) is 0 Å². The molecule has 0 aromatic heterocycles. The fourth-order valence-electron chi connectivity index (χ4n) is 2.55. The van der Waals surface area contributed by atoms with Crippen LogP contribution >= 0.6 is 8.07 Å². The molecule has 0 saturated heterocycles. The SMILES string of the molecule is CCC/N=C(/NP(c1ccccc1)c1ccccc1)c1ccccc1. The summed E-state index contributed by atoms with van der Waals surface area (Å²) in [5.74, 6) is 0.973. The molecule has 0 spiro atoms. The number of nitrogens with one attached hydrogen (secondary N) is 1. The first-order valence-electron chi connectivity index (χ1n) is 8.65. The fraction of sp³-hybridized carbons (Fsp3) is 0.136. The summed E-state index contributed by atoms with van der Waals surface area (Å²) in [7, 11) is -0.711. The third kappa shape index (κ3) is 4.78. The second-order valence-corrected chi connectivity index (χ2v) is 7.64. The van der Waals surface area contributed by atoms with Crippen molar-refractivity contribution >= 4 is 24.5 Å². The summed E-state index contributed by atoms with van der Waals surface area (Å²) in [6.45, 7) is 2.98. The van der Waals surface area contributed by atoms with Crippen LogP contribution in [-0.2, 0) is 0 Å². The van der Waals surface area contributed by atoms with Gasteiger partial charge in [-0.1, -0.05) is 97.9 Å². The molecular formula is C22H23N2P. The van der Waals surface area contributed by atoms with E-state index in [0.717, 1.165) is 24.4 Å². The topological polar surface area (TPSA) is 24.4 Å². The number of hydrogen-bond donors (Lipinski definition) is 1. The van der Waals surface area contributed by atoms with Crippen molar-refractivity contribution in [1.29, 1.82) is 0 Å². The van der Waals surface area contributed by atoms with E-state index < -0.39 is 8.07 Å². The largest absolute Gasteiger partial charge is 0.341 e. The average Bonchev–Trinajstić information content (AvgIpc) is 2.70. The summed E-state index contributed by atoms with van der Waals surface area (Å²) in [6.07, 6.45) is 1.03. The zero-order chi connectivity index (χ0) is 17.3. The highest BCUT2D eigenvalue weighted by Gasteiger charge is 2.16. The normalized spacial score (nSPS) is 11.5. The summed E-state index contributed by atoms with van der Waals surface area (Å²) >= 11 is 0. The lowest BCUT2D eigenvalue weighted by Gasteiger charge is -2.22. The van der Waals surface area contributed by atoms with E-state index in [2.05, 4.69) is 96.9 Å². The highest BCUT2D eigenvalue weighted by molar-refractivity contribution is 7.71. The van der Waals surface area contributed by atoms with Crippen molar-refractivity contribution in [2.45, 2.75) is 13.3 Å². The average molecular weight is 346 g/mol. The Kier molecular flexibility index (Phi) is 6.36. The number of aliphatic imine (C=N–C) groups is 1. The molecule has 126 valence electrons. The van der Waals surface area contributed by atoms with Gasteiger partial charge in [-0.3, -0.25) is 4.99 Å². The minimum atomic E-state index is -0.711. The molecule has 0 saturated carbocycles. The maximum atomic E-state index is 4.83. The molecule has 0 fully saturated rings.